The third-order valence-corrected chi connectivity index (χ3v) is 4.18. The average molecular weight is 302 g/mol. The lowest BCUT2D eigenvalue weighted by atomic mass is 9.90. The van der Waals surface area contributed by atoms with Gasteiger partial charge in [0.25, 0.3) is 0 Å². The lowest BCUT2D eigenvalue weighted by Crippen LogP contribution is -2.38. The quantitative estimate of drug-likeness (QED) is 0.907. The number of ether oxygens (including phenoxy) is 1. The van der Waals surface area contributed by atoms with Crippen molar-refractivity contribution in [2.45, 2.75) is 38.3 Å². The number of methoxy groups -OCH3 is 1. The number of nitrogens with zero attached hydrogens (tertiary/aromatic N) is 2. The van der Waals surface area contributed by atoms with Crippen LogP contribution in [0.1, 0.15) is 31.9 Å². The molecule has 2 rings (SSSR count). The Bertz CT molecular complexity index is 372. The predicted octanol–water partition coefficient (Wildman–Crippen LogP) is 2.28. The highest BCUT2D eigenvalue weighted by molar-refractivity contribution is 9.10. The van der Waals surface area contributed by atoms with E-state index in [1.54, 1.807) is 7.11 Å². The number of halogens is 1. The van der Waals surface area contributed by atoms with E-state index in [4.69, 9.17) is 4.74 Å². The molecule has 0 saturated carbocycles. The number of hydrogen-bond donors (Lipinski definition) is 1. The van der Waals surface area contributed by atoms with Crippen LogP contribution in [0.25, 0.3) is 0 Å². The van der Waals surface area contributed by atoms with Crippen molar-refractivity contribution in [1.82, 2.24) is 15.1 Å². The fourth-order valence-corrected chi connectivity index (χ4v) is 3.34. The first-order valence-electron chi connectivity index (χ1n) is 6.19. The smallest absolute Gasteiger partial charge is 0.0728 e. The summed E-state index contributed by atoms with van der Waals surface area (Å²) < 4.78 is 8.31. The molecule has 0 radical (unpaired) electrons. The third-order valence-electron chi connectivity index (χ3n) is 3.60. The van der Waals surface area contributed by atoms with Crippen molar-refractivity contribution < 1.29 is 4.74 Å². The molecule has 0 bridgehead atoms. The van der Waals surface area contributed by atoms with Gasteiger partial charge in [-0.1, -0.05) is 6.92 Å². The maximum atomic E-state index is 5.14. The molecule has 1 atom stereocenters. The fourth-order valence-electron chi connectivity index (χ4n) is 2.66. The second kappa shape index (κ2) is 5.50. The lowest BCUT2D eigenvalue weighted by Gasteiger charge is -2.29. The lowest BCUT2D eigenvalue weighted by molar-refractivity contribution is 0.179. The Kier molecular flexibility index (Phi) is 4.22. The Balaban J connectivity index is 2.31. The van der Waals surface area contributed by atoms with Crippen LogP contribution in [-0.4, -0.2) is 30.0 Å². The van der Waals surface area contributed by atoms with E-state index in [-0.39, 0.29) is 5.54 Å². The van der Waals surface area contributed by atoms with Crippen molar-refractivity contribution in [2.75, 3.05) is 20.3 Å². The zero-order valence-corrected chi connectivity index (χ0v) is 12.1. The van der Waals surface area contributed by atoms with Gasteiger partial charge in [-0.2, -0.15) is 5.10 Å². The number of nitrogens with one attached hydrogen (secondary N) is 1. The van der Waals surface area contributed by atoms with E-state index in [0.29, 0.717) is 6.61 Å². The number of rotatable bonds is 5. The molecule has 96 valence electrons. The summed E-state index contributed by atoms with van der Waals surface area (Å²) in [6, 6.07) is 0. The summed E-state index contributed by atoms with van der Waals surface area (Å²) in [7, 11) is 1.72. The highest BCUT2D eigenvalue weighted by Gasteiger charge is 2.38. The summed E-state index contributed by atoms with van der Waals surface area (Å²) in [6.07, 6.45) is 5.39. The summed E-state index contributed by atoms with van der Waals surface area (Å²) in [4.78, 5) is 0. The van der Waals surface area contributed by atoms with Crippen molar-refractivity contribution in [3.05, 3.63) is 16.4 Å². The minimum atomic E-state index is 0.0864. The molecule has 1 unspecified atom stereocenters. The van der Waals surface area contributed by atoms with Gasteiger partial charge in [-0.05, 0) is 41.7 Å². The Morgan fingerprint density at radius 2 is 2.47 bits per heavy atom. The number of aromatic nitrogens is 2. The van der Waals surface area contributed by atoms with E-state index in [1.165, 1.54) is 18.5 Å². The minimum absolute atomic E-state index is 0.0864. The van der Waals surface area contributed by atoms with Crippen LogP contribution in [0.5, 0.6) is 0 Å². The normalized spacial score (nSPS) is 24.4. The zero-order valence-electron chi connectivity index (χ0n) is 10.5. The van der Waals surface area contributed by atoms with E-state index in [2.05, 4.69) is 38.0 Å². The Labute approximate surface area is 111 Å². The predicted molar refractivity (Wildman–Crippen MR) is 71.0 cm³/mol. The second-order valence-corrected chi connectivity index (χ2v) is 5.38. The van der Waals surface area contributed by atoms with Crippen molar-refractivity contribution >= 4 is 15.9 Å². The molecule has 5 heteroatoms. The molecule has 1 aromatic heterocycles. The van der Waals surface area contributed by atoms with Crippen LogP contribution in [0.15, 0.2) is 10.7 Å². The van der Waals surface area contributed by atoms with Gasteiger partial charge in [0.05, 0.1) is 35.1 Å². The molecular formula is C12H20BrN3O. The molecule has 1 aromatic rings. The Hall–Kier alpha value is -0.390. The van der Waals surface area contributed by atoms with Crippen LogP contribution in [-0.2, 0) is 16.8 Å². The maximum Gasteiger partial charge on any atom is 0.0728 e. The van der Waals surface area contributed by atoms with Crippen molar-refractivity contribution in [3.63, 3.8) is 0 Å². The van der Waals surface area contributed by atoms with Gasteiger partial charge >= 0.3 is 0 Å². The molecule has 1 aliphatic rings. The third kappa shape index (κ3) is 2.41. The van der Waals surface area contributed by atoms with Gasteiger partial charge in [-0.25, -0.2) is 0 Å². The van der Waals surface area contributed by atoms with Crippen LogP contribution in [0.4, 0.5) is 0 Å². The first-order chi connectivity index (χ1) is 8.23. The molecule has 0 aliphatic carbocycles. The Morgan fingerprint density at radius 1 is 1.65 bits per heavy atom. The van der Waals surface area contributed by atoms with Crippen molar-refractivity contribution in [3.8, 4) is 0 Å². The van der Waals surface area contributed by atoms with E-state index in [9.17, 15) is 0 Å². The molecular weight excluding hydrogens is 282 g/mol. The van der Waals surface area contributed by atoms with Crippen LogP contribution in [0.3, 0.4) is 0 Å². The molecule has 0 spiro atoms. The summed E-state index contributed by atoms with van der Waals surface area (Å²) in [5.41, 5.74) is 1.36. The minimum Gasteiger partial charge on any atom is -0.383 e. The molecule has 0 amide bonds. The fraction of sp³-hybridized carbons (Fsp3) is 0.750. The van der Waals surface area contributed by atoms with Crippen LogP contribution in [0, 0.1) is 0 Å². The maximum absolute atomic E-state index is 5.14. The summed E-state index contributed by atoms with van der Waals surface area (Å²) in [5.74, 6) is 0. The van der Waals surface area contributed by atoms with E-state index in [1.807, 2.05) is 6.20 Å². The van der Waals surface area contributed by atoms with Gasteiger partial charge < -0.3 is 10.1 Å². The van der Waals surface area contributed by atoms with Gasteiger partial charge in [0, 0.05) is 7.11 Å². The average Bonchev–Trinajstić information content (AvgIpc) is 2.94. The van der Waals surface area contributed by atoms with E-state index in [0.717, 1.165) is 24.0 Å². The highest BCUT2D eigenvalue weighted by atomic mass is 79.9. The highest BCUT2D eigenvalue weighted by Crippen LogP contribution is 2.37. The monoisotopic (exact) mass is 301 g/mol. The standard InChI is InChI=1S/C12H20BrN3O/c1-3-12(5-4-6-14-12)11-10(13)9-15-16(11)7-8-17-2/h9,14H,3-8H2,1-2H3. The summed E-state index contributed by atoms with van der Waals surface area (Å²) in [5, 5.41) is 8.09. The van der Waals surface area contributed by atoms with Crippen LogP contribution < -0.4 is 5.32 Å². The molecule has 4 nitrogen and oxygen atoms in total. The molecule has 0 aromatic carbocycles. The molecule has 1 fully saturated rings. The molecule has 17 heavy (non-hydrogen) atoms. The second-order valence-electron chi connectivity index (χ2n) is 4.52. The van der Waals surface area contributed by atoms with Gasteiger partial charge in [-0.15, -0.1) is 0 Å². The van der Waals surface area contributed by atoms with Gasteiger partial charge in [0.15, 0.2) is 0 Å². The van der Waals surface area contributed by atoms with E-state index < -0.39 is 0 Å². The number of hydrogen-bond acceptors (Lipinski definition) is 3. The Morgan fingerprint density at radius 3 is 3.06 bits per heavy atom. The molecule has 1 saturated heterocycles. The first kappa shape index (κ1) is 13.1. The van der Waals surface area contributed by atoms with Crippen molar-refractivity contribution in [2.24, 2.45) is 0 Å². The van der Waals surface area contributed by atoms with Crippen LogP contribution in [0.2, 0.25) is 0 Å². The van der Waals surface area contributed by atoms with Gasteiger partial charge in [-0.3, -0.25) is 4.68 Å². The van der Waals surface area contributed by atoms with Gasteiger partial charge in [0.1, 0.15) is 0 Å². The molecule has 2 heterocycles. The summed E-state index contributed by atoms with van der Waals surface area (Å²) in [6.45, 7) is 4.83. The van der Waals surface area contributed by atoms with Gasteiger partial charge in [0.2, 0.25) is 0 Å². The largest absolute Gasteiger partial charge is 0.383 e. The van der Waals surface area contributed by atoms with E-state index >= 15 is 0 Å². The topological polar surface area (TPSA) is 39.1 Å². The van der Waals surface area contributed by atoms with Crippen LogP contribution >= 0.6 is 15.9 Å². The first-order valence-corrected chi connectivity index (χ1v) is 6.98. The molecule has 1 N–H and O–H groups in total. The zero-order chi connectivity index (χ0) is 12.3. The summed E-state index contributed by atoms with van der Waals surface area (Å²) >= 11 is 3.63. The SMILES string of the molecule is CCC1(c2c(Br)cnn2CCOC)CCCN1. The van der Waals surface area contributed by atoms with Crippen molar-refractivity contribution in [1.29, 1.82) is 0 Å². The molecule has 1 aliphatic heterocycles.